The lowest BCUT2D eigenvalue weighted by molar-refractivity contribution is -0.137. The van der Waals surface area contributed by atoms with Crippen molar-refractivity contribution in [1.82, 2.24) is 20.2 Å². The Labute approximate surface area is 115 Å². The van der Waals surface area contributed by atoms with E-state index in [9.17, 15) is 13.2 Å². The Morgan fingerprint density at radius 3 is 2.60 bits per heavy atom. The fourth-order valence-electron chi connectivity index (χ4n) is 1.47. The summed E-state index contributed by atoms with van der Waals surface area (Å²) in [5.74, 6) is -0.643. The molecule has 10 heteroatoms. The number of halogens is 3. The smallest absolute Gasteiger partial charge is 0.384 e. The van der Waals surface area contributed by atoms with Gasteiger partial charge in [0.25, 0.3) is 0 Å². The highest BCUT2D eigenvalue weighted by Gasteiger charge is 2.34. The minimum absolute atomic E-state index is 0.363. The van der Waals surface area contributed by atoms with E-state index in [2.05, 4.69) is 15.5 Å². The number of nitrogens with one attached hydrogen (secondary N) is 1. The number of nitrogens with zero attached hydrogens (tertiary/aromatic N) is 4. The third-order valence-corrected chi connectivity index (χ3v) is 3.40. The number of benzene rings is 1. The predicted octanol–water partition coefficient (Wildman–Crippen LogP) is 1.66. The van der Waals surface area contributed by atoms with Crippen molar-refractivity contribution < 1.29 is 13.2 Å². The molecule has 20 heavy (non-hydrogen) atoms. The third-order valence-electron chi connectivity index (χ3n) is 2.38. The zero-order valence-corrected chi connectivity index (χ0v) is 11.0. The van der Waals surface area contributed by atoms with E-state index < -0.39 is 17.6 Å². The van der Waals surface area contributed by atoms with Gasteiger partial charge in [0.2, 0.25) is 5.16 Å². The van der Waals surface area contributed by atoms with Gasteiger partial charge in [0.1, 0.15) is 5.84 Å². The molecule has 2 rings (SSSR count). The molecule has 0 spiro atoms. The van der Waals surface area contributed by atoms with Gasteiger partial charge < -0.3 is 5.73 Å². The fraction of sp³-hybridized carbons (Fsp3) is 0.200. The molecule has 0 aliphatic heterocycles. The average Bonchev–Trinajstić information content (AvgIpc) is 2.73. The van der Waals surface area contributed by atoms with Crippen LogP contribution in [0.2, 0.25) is 0 Å². The third kappa shape index (κ3) is 2.90. The number of amidine groups is 1. The molecule has 0 radical (unpaired) electrons. The minimum Gasteiger partial charge on any atom is -0.384 e. The monoisotopic (exact) mass is 302 g/mol. The number of hydrogen-bond donors (Lipinski definition) is 2. The summed E-state index contributed by atoms with van der Waals surface area (Å²) >= 11 is 1.08. The number of alkyl halides is 3. The van der Waals surface area contributed by atoms with Crippen molar-refractivity contribution in [3.63, 3.8) is 0 Å². The molecule has 0 saturated heterocycles. The first-order chi connectivity index (χ1) is 9.29. The molecular formula is C10H9F3N6S. The largest absolute Gasteiger partial charge is 0.417 e. The van der Waals surface area contributed by atoms with E-state index in [1.165, 1.54) is 16.8 Å². The molecule has 0 aliphatic carbocycles. The summed E-state index contributed by atoms with van der Waals surface area (Å²) in [7, 11) is 1.61. The normalized spacial score (nSPS) is 11.6. The topological polar surface area (TPSA) is 93.5 Å². The Bertz CT molecular complexity index is 651. The van der Waals surface area contributed by atoms with E-state index in [0.717, 1.165) is 17.8 Å². The lowest BCUT2D eigenvalue weighted by atomic mass is 10.1. The number of aromatic nitrogens is 4. The van der Waals surface area contributed by atoms with Crippen LogP contribution in [-0.4, -0.2) is 26.0 Å². The second kappa shape index (κ2) is 5.12. The zero-order valence-electron chi connectivity index (χ0n) is 10.1. The fourth-order valence-corrected chi connectivity index (χ4v) is 2.24. The Kier molecular flexibility index (Phi) is 3.66. The molecule has 6 nitrogen and oxygen atoms in total. The van der Waals surface area contributed by atoms with Crippen molar-refractivity contribution in [1.29, 1.82) is 5.41 Å². The Balaban J connectivity index is 2.41. The minimum atomic E-state index is -4.56. The van der Waals surface area contributed by atoms with Crippen LogP contribution in [0.25, 0.3) is 0 Å². The highest BCUT2D eigenvalue weighted by atomic mass is 32.2. The quantitative estimate of drug-likeness (QED) is 0.664. The first-order valence-corrected chi connectivity index (χ1v) is 6.06. The molecule has 2 aromatic rings. The maximum absolute atomic E-state index is 12.8. The van der Waals surface area contributed by atoms with Gasteiger partial charge in [0.05, 0.1) is 5.56 Å². The summed E-state index contributed by atoms with van der Waals surface area (Å²) in [4.78, 5) is 0.459. The average molecular weight is 302 g/mol. The van der Waals surface area contributed by atoms with Gasteiger partial charge >= 0.3 is 6.18 Å². The van der Waals surface area contributed by atoms with Gasteiger partial charge in [-0.1, -0.05) is 0 Å². The summed E-state index contributed by atoms with van der Waals surface area (Å²) in [5.41, 5.74) is 3.91. The van der Waals surface area contributed by atoms with Crippen LogP contribution in [0.3, 0.4) is 0 Å². The number of nitrogen functional groups attached to an aromatic ring is 1. The molecule has 0 atom stereocenters. The number of rotatable bonds is 3. The highest BCUT2D eigenvalue weighted by molar-refractivity contribution is 7.99. The summed E-state index contributed by atoms with van der Waals surface area (Å²) in [6.45, 7) is 0. The number of nitrogens with two attached hydrogens (primary N) is 1. The van der Waals surface area contributed by atoms with E-state index in [1.807, 2.05) is 0 Å². The van der Waals surface area contributed by atoms with Gasteiger partial charge in [-0.25, -0.2) is 4.68 Å². The lowest BCUT2D eigenvalue weighted by Gasteiger charge is -2.12. The number of tetrazole rings is 1. The van der Waals surface area contributed by atoms with Gasteiger partial charge in [-0.05, 0) is 40.4 Å². The maximum Gasteiger partial charge on any atom is 0.417 e. The second-order valence-corrected chi connectivity index (χ2v) is 4.85. The Morgan fingerprint density at radius 1 is 1.40 bits per heavy atom. The molecule has 0 saturated carbocycles. The first-order valence-electron chi connectivity index (χ1n) is 5.25. The van der Waals surface area contributed by atoms with Gasteiger partial charge in [-0.3, -0.25) is 5.41 Å². The summed E-state index contributed by atoms with van der Waals surface area (Å²) in [6, 6.07) is 3.38. The van der Waals surface area contributed by atoms with E-state index in [4.69, 9.17) is 11.1 Å². The number of aryl methyl sites for hydroxylation is 1. The summed E-state index contributed by atoms with van der Waals surface area (Å²) in [6.07, 6.45) is -4.56. The molecule has 0 unspecified atom stereocenters. The van der Waals surface area contributed by atoms with Crippen LogP contribution >= 0.6 is 11.8 Å². The van der Waals surface area contributed by atoms with Crippen LogP contribution in [-0.2, 0) is 13.2 Å². The molecular weight excluding hydrogens is 293 g/mol. The molecule has 106 valence electrons. The van der Waals surface area contributed by atoms with Crippen LogP contribution in [0.1, 0.15) is 11.1 Å². The Hall–Kier alpha value is -2.10. The van der Waals surface area contributed by atoms with Gasteiger partial charge in [-0.2, -0.15) is 13.2 Å². The summed E-state index contributed by atoms with van der Waals surface area (Å²) < 4.78 is 39.7. The van der Waals surface area contributed by atoms with Crippen LogP contribution < -0.4 is 5.73 Å². The molecule has 1 aromatic heterocycles. The molecule has 3 N–H and O–H groups in total. The van der Waals surface area contributed by atoms with Crippen LogP contribution in [0.4, 0.5) is 13.2 Å². The molecule has 0 bridgehead atoms. The highest BCUT2D eigenvalue weighted by Crippen LogP contribution is 2.35. The second-order valence-electron chi connectivity index (χ2n) is 3.81. The van der Waals surface area contributed by atoms with Crippen molar-refractivity contribution in [2.24, 2.45) is 12.8 Å². The van der Waals surface area contributed by atoms with Crippen LogP contribution in [0.15, 0.2) is 28.3 Å². The van der Waals surface area contributed by atoms with Gasteiger partial charge in [0.15, 0.2) is 0 Å². The molecule has 1 aromatic carbocycles. The van der Waals surface area contributed by atoms with Crippen molar-refractivity contribution in [2.75, 3.05) is 0 Å². The van der Waals surface area contributed by atoms with Crippen molar-refractivity contribution in [3.05, 3.63) is 29.3 Å². The van der Waals surface area contributed by atoms with Crippen molar-refractivity contribution in [2.45, 2.75) is 16.2 Å². The first kappa shape index (κ1) is 14.3. The molecule has 0 fully saturated rings. The van der Waals surface area contributed by atoms with E-state index in [0.29, 0.717) is 10.1 Å². The van der Waals surface area contributed by atoms with E-state index in [1.54, 1.807) is 7.05 Å². The Morgan fingerprint density at radius 2 is 2.10 bits per heavy atom. The van der Waals surface area contributed by atoms with Crippen molar-refractivity contribution in [3.8, 4) is 0 Å². The van der Waals surface area contributed by atoms with Crippen molar-refractivity contribution >= 4 is 17.6 Å². The zero-order chi connectivity index (χ0) is 14.9. The van der Waals surface area contributed by atoms with E-state index in [-0.39, 0.29) is 5.56 Å². The van der Waals surface area contributed by atoms with Crippen LogP contribution in [0.5, 0.6) is 0 Å². The maximum atomic E-state index is 12.8. The van der Waals surface area contributed by atoms with E-state index >= 15 is 0 Å². The number of hydrogen-bond acceptors (Lipinski definition) is 5. The van der Waals surface area contributed by atoms with Gasteiger partial charge in [-0.15, -0.1) is 5.10 Å². The molecule has 0 amide bonds. The summed E-state index contributed by atoms with van der Waals surface area (Å²) in [5, 5.41) is 18.4. The van der Waals surface area contributed by atoms with Crippen LogP contribution in [0, 0.1) is 5.41 Å². The van der Waals surface area contributed by atoms with Gasteiger partial charge in [0, 0.05) is 17.5 Å². The standard InChI is InChI=1S/C10H9F3N6S/c1-19-9(16-17-18-19)20-5-2-3-7(10(11,12)13)6(4-5)8(14)15/h2-4H,1H3,(H3,14,15). The predicted molar refractivity (Wildman–Crippen MR) is 65.4 cm³/mol. The SMILES string of the molecule is Cn1nnnc1Sc1ccc(C(F)(F)F)c(C(=N)N)c1. The molecule has 1 heterocycles. The lowest BCUT2D eigenvalue weighted by Crippen LogP contribution is -2.18. The molecule has 0 aliphatic rings.